The molecule has 3 fully saturated rings. The van der Waals surface area contributed by atoms with Crippen molar-refractivity contribution in [2.45, 2.75) is 69.9 Å². The Labute approximate surface area is 139 Å². The average Bonchev–Trinajstić information content (AvgIpc) is 2.72. The number of ether oxygens (including phenoxy) is 4. The van der Waals surface area contributed by atoms with Crippen molar-refractivity contribution in [3.63, 3.8) is 0 Å². The Morgan fingerprint density at radius 2 is 1.87 bits per heavy atom. The Balaban J connectivity index is 1.77. The van der Waals surface area contributed by atoms with Gasteiger partial charge in [-0.3, -0.25) is 4.90 Å². The molecular weight excluding hydrogens is 296 g/mol. The van der Waals surface area contributed by atoms with Crippen LogP contribution >= 0.6 is 0 Å². The topological polar surface area (TPSA) is 66.2 Å². The second-order valence-electron chi connectivity index (χ2n) is 8.27. The van der Waals surface area contributed by atoms with Crippen molar-refractivity contribution in [1.82, 2.24) is 4.90 Å². The molecule has 0 amide bonds. The number of hydrogen-bond acceptors (Lipinski definition) is 6. The lowest BCUT2D eigenvalue weighted by Crippen LogP contribution is -2.63. The molecule has 3 heterocycles. The van der Waals surface area contributed by atoms with E-state index in [4.69, 9.17) is 24.7 Å². The predicted molar refractivity (Wildman–Crippen MR) is 86.9 cm³/mol. The highest BCUT2D eigenvalue weighted by atomic mass is 16.8. The van der Waals surface area contributed by atoms with Gasteiger partial charge in [-0.05, 0) is 33.6 Å². The maximum absolute atomic E-state index is 6.28. The summed E-state index contributed by atoms with van der Waals surface area (Å²) in [6, 6.07) is 0. The fraction of sp³-hybridized carbons (Fsp3) is 1.00. The van der Waals surface area contributed by atoms with Gasteiger partial charge in [0.15, 0.2) is 5.79 Å². The minimum atomic E-state index is -0.751. The Morgan fingerprint density at radius 1 is 1.22 bits per heavy atom. The van der Waals surface area contributed by atoms with Gasteiger partial charge in [0.2, 0.25) is 5.79 Å². The van der Waals surface area contributed by atoms with E-state index < -0.39 is 11.6 Å². The smallest absolute Gasteiger partial charge is 0.213 e. The highest BCUT2D eigenvalue weighted by molar-refractivity contribution is 5.01. The van der Waals surface area contributed by atoms with Gasteiger partial charge in [0.05, 0.1) is 19.3 Å². The lowest BCUT2D eigenvalue weighted by Gasteiger charge is -2.46. The van der Waals surface area contributed by atoms with Crippen LogP contribution in [-0.4, -0.2) is 67.6 Å². The SMILES string of the molecule is COC1[C@H](C)CO[C@@]2(CN3CCC(C)(N)CC3)OC(C)(C)O[C@@H]12. The van der Waals surface area contributed by atoms with E-state index in [-0.39, 0.29) is 23.7 Å². The molecule has 23 heavy (non-hydrogen) atoms. The monoisotopic (exact) mass is 328 g/mol. The first-order chi connectivity index (χ1) is 10.7. The Bertz CT molecular complexity index is 432. The van der Waals surface area contributed by atoms with Crippen LogP contribution in [0, 0.1) is 5.92 Å². The number of fused-ring (bicyclic) bond motifs is 1. The van der Waals surface area contributed by atoms with Crippen molar-refractivity contribution < 1.29 is 18.9 Å². The number of rotatable bonds is 3. The van der Waals surface area contributed by atoms with Crippen LogP contribution in [0.4, 0.5) is 0 Å². The van der Waals surface area contributed by atoms with Crippen LogP contribution in [0.5, 0.6) is 0 Å². The fourth-order valence-corrected chi connectivity index (χ4v) is 4.05. The van der Waals surface area contributed by atoms with Crippen LogP contribution in [-0.2, 0) is 18.9 Å². The van der Waals surface area contributed by atoms with E-state index in [1.165, 1.54) is 0 Å². The molecule has 0 saturated carbocycles. The van der Waals surface area contributed by atoms with Gasteiger partial charge >= 0.3 is 0 Å². The number of methoxy groups -OCH3 is 1. The van der Waals surface area contributed by atoms with Gasteiger partial charge in [0, 0.05) is 31.7 Å². The van der Waals surface area contributed by atoms with Crippen LogP contribution in [0.2, 0.25) is 0 Å². The molecular formula is C17H32N2O4. The summed E-state index contributed by atoms with van der Waals surface area (Å²) >= 11 is 0. The Kier molecular flexibility index (Phi) is 4.53. The van der Waals surface area contributed by atoms with E-state index in [1.807, 2.05) is 13.8 Å². The van der Waals surface area contributed by atoms with E-state index in [2.05, 4.69) is 18.7 Å². The normalized spacial score (nSPS) is 43.3. The summed E-state index contributed by atoms with van der Waals surface area (Å²) in [5, 5.41) is 0. The molecule has 0 aromatic rings. The van der Waals surface area contributed by atoms with E-state index in [0.717, 1.165) is 25.9 Å². The van der Waals surface area contributed by atoms with Gasteiger partial charge in [-0.25, -0.2) is 0 Å². The molecule has 6 nitrogen and oxygen atoms in total. The third-order valence-corrected chi connectivity index (χ3v) is 5.43. The summed E-state index contributed by atoms with van der Waals surface area (Å²) in [6.45, 7) is 11.4. The Morgan fingerprint density at radius 3 is 2.48 bits per heavy atom. The summed E-state index contributed by atoms with van der Waals surface area (Å²) in [4.78, 5) is 2.38. The summed E-state index contributed by atoms with van der Waals surface area (Å²) < 4.78 is 24.4. The van der Waals surface area contributed by atoms with E-state index in [0.29, 0.717) is 13.2 Å². The predicted octanol–water partition coefficient (Wildman–Crippen LogP) is 1.33. The molecule has 0 radical (unpaired) electrons. The van der Waals surface area contributed by atoms with Crippen molar-refractivity contribution in [3.8, 4) is 0 Å². The molecule has 3 aliphatic heterocycles. The quantitative estimate of drug-likeness (QED) is 0.843. The molecule has 4 atom stereocenters. The molecule has 3 saturated heterocycles. The van der Waals surface area contributed by atoms with E-state index in [1.54, 1.807) is 7.11 Å². The lowest BCUT2D eigenvalue weighted by atomic mass is 9.88. The molecule has 1 unspecified atom stereocenters. The number of piperidine rings is 1. The van der Waals surface area contributed by atoms with Crippen LogP contribution in [0.3, 0.4) is 0 Å². The molecule has 0 aromatic carbocycles. The van der Waals surface area contributed by atoms with Gasteiger partial charge in [-0.1, -0.05) is 6.92 Å². The van der Waals surface area contributed by atoms with Crippen LogP contribution < -0.4 is 5.73 Å². The van der Waals surface area contributed by atoms with Crippen molar-refractivity contribution in [2.24, 2.45) is 11.7 Å². The molecule has 0 aromatic heterocycles. The molecule has 3 rings (SSSR count). The number of hydrogen-bond donors (Lipinski definition) is 1. The molecule has 0 aliphatic carbocycles. The molecule has 0 bridgehead atoms. The minimum Gasteiger partial charge on any atom is -0.378 e. The number of nitrogens with two attached hydrogens (primary N) is 1. The second kappa shape index (κ2) is 5.93. The fourth-order valence-electron chi connectivity index (χ4n) is 4.05. The summed E-state index contributed by atoms with van der Waals surface area (Å²) in [5.74, 6) is -1.13. The molecule has 3 aliphatic rings. The van der Waals surface area contributed by atoms with Crippen molar-refractivity contribution in [2.75, 3.05) is 33.4 Å². The largest absolute Gasteiger partial charge is 0.378 e. The maximum Gasteiger partial charge on any atom is 0.213 e. The van der Waals surface area contributed by atoms with Crippen molar-refractivity contribution in [3.05, 3.63) is 0 Å². The van der Waals surface area contributed by atoms with Gasteiger partial charge < -0.3 is 24.7 Å². The molecule has 134 valence electrons. The first-order valence-electron chi connectivity index (χ1n) is 8.72. The van der Waals surface area contributed by atoms with Crippen molar-refractivity contribution in [1.29, 1.82) is 0 Å². The van der Waals surface area contributed by atoms with Crippen LogP contribution in [0.15, 0.2) is 0 Å². The number of nitrogens with zero attached hydrogens (tertiary/aromatic N) is 1. The average molecular weight is 328 g/mol. The van der Waals surface area contributed by atoms with E-state index in [9.17, 15) is 0 Å². The third-order valence-electron chi connectivity index (χ3n) is 5.43. The highest BCUT2D eigenvalue weighted by Gasteiger charge is 2.61. The molecule has 0 spiro atoms. The summed E-state index contributed by atoms with van der Waals surface area (Å²) in [6.07, 6.45) is 1.75. The van der Waals surface area contributed by atoms with Gasteiger partial charge in [0.1, 0.15) is 6.10 Å². The highest BCUT2D eigenvalue weighted by Crippen LogP contribution is 2.45. The number of likely N-dealkylation sites (tertiary alicyclic amines) is 1. The zero-order valence-electron chi connectivity index (χ0n) is 15.1. The summed E-state index contributed by atoms with van der Waals surface area (Å²) in [7, 11) is 1.74. The van der Waals surface area contributed by atoms with Gasteiger partial charge in [-0.15, -0.1) is 0 Å². The van der Waals surface area contributed by atoms with Gasteiger partial charge in [-0.2, -0.15) is 0 Å². The zero-order chi connectivity index (χ0) is 16.9. The van der Waals surface area contributed by atoms with Gasteiger partial charge in [0.25, 0.3) is 0 Å². The molecule has 6 heteroatoms. The summed E-state index contributed by atoms with van der Waals surface area (Å²) in [5.41, 5.74) is 6.19. The molecule has 2 N–H and O–H groups in total. The van der Waals surface area contributed by atoms with Crippen molar-refractivity contribution >= 4 is 0 Å². The first-order valence-corrected chi connectivity index (χ1v) is 8.72. The zero-order valence-corrected chi connectivity index (χ0v) is 15.1. The third kappa shape index (κ3) is 3.43. The minimum absolute atomic E-state index is 0.0184. The van der Waals surface area contributed by atoms with Crippen LogP contribution in [0.1, 0.15) is 40.5 Å². The first kappa shape index (κ1) is 17.6. The van der Waals surface area contributed by atoms with E-state index >= 15 is 0 Å². The maximum atomic E-state index is 6.28. The standard InChI is InChI=1S/C17H32N2O4/c1-12-10-21-17(11-19-8-6-16(4,18)7-9-19)14(13(12)20-5)22-15(2,3)23-17/h12-14H,6-11,18H2,1-5H3/t12-,13?,14+,17+/m1/s1. The Hall–Kier alpha value is -0.240. The lowest BCUT2D eigenvalue weighted by molar-refractivity contribution is -0.292. The van der Waals surface area contributed by atoms with Crippen LogP contribution in [0.25, 0.3) is 0 Å². The second-order valence-corrected chi connectivity index (χ2v) is 8.27.